The predicted molar refractivity (Wildman–Crippen MR) is 73.7 cm³/mol. The topological polar surface area (TPSA) is 70.1 Å². The van der Waals surface area contributed by atoms with Crippen LogP contribution in [0.25, 0.3) is 0 Å². The highest BCUT2D eigenvalue weighted by atomic mass is 16.1. The summed E-state index contributed by atoms with van der Waals surface area (Å²) in [7, 11) is 0. The number of primary amides is 1. The molecule has 0 aliphatic heterocycles. The Bertz CT molecular complexity index is 292. The zero-order chi connectivity index (χ0) is 14.2. The van der Waals surface area contributed by atoms with Crippen LogP contribution in [-0.4, -0.2) is 30.4 Å². The fourth-order valence-corrected chi connectivity index (χ4v) is 1.93. The number of nitriles is 1. The van der Waals surface area contributed by atoms with Crippen molar-refractivity contribution in [2.75, 3.05) is 19.6 Å². The predicted octanol–water partition coefficient (Wildman–Crippen LogP) is 2.15. The van der Waals surface area contributed by atoms with E-state index in [0.29, 0.717) is 12.5 Å². The smallest absolute Gasteiger partial charge is 0.231 e. The fourth-order valence-electron chi connectivity index (χ4n) is 1.93. The molecular weight excluding hydrogens is 226 g/mol. The second-order valence-corrected chi connectivity index (χ2v) is 6.05. The lowest BCUT2D eigenvalue weighted by atomic mass is 9.89. The molecule has 0 radical (unpaired) electrons. The van der Waals surface area contributed by atoms with Crippen LogP contribution in [0.1, 0.15) is 47.0 Å². The molecule has 0 aromatic rings. The quantitative estimate of drug-likeness (QED) is 0.640. The Morgan fingerprint density at radius 2 is 2.00 bits per heavy atom. The van der Waals surface area contributed by atoms with E-state index in [1.165, 1.54) is 0 Å². The maximum Gasteiger partial charge on any atom is 0.231 e. The molecule has 0 atom stereocenters. The Hall–Kier alpha value is -1.08. The molecule has 0 aromatic carbocycles. The molecule has 0 unspecified atom stereocenters. The molecule has 2 N–H and O–H groups in total. The van der Waals surface area contributed by atoms with E-state index >= 15 is 0 Å². The molecule has 0 saturated heterocycles. The average molecular weight is 253 g/mol. The Kier molecular flexibility index (Phi) is 7.61. The summed E-state index contributed by atoms with van der Waals surface area (Å²) in [5, 5.41) is 8.92. The van der Waals surface area contributed by atoms with E-state index in [2.05, 4.69) is 24.8 Å². The lowest BCUT2D eigenvalue weighted by molar-refractivity contribution is -0.119. The highest BCUT2D eigenvalue weighted by Crippen LogP contribution is 2.21. The largest absolute Gasteiger partial charge is 0.369 e. The number of nitrogens with zero attached hydrogens (tertiary/aromatic N) is 2. The second-order valence-electron chi connectivity index (χ2n) is 6.05. The zero-order valence-corrected chi connectivity index (χ0v) is 12.2. The van der Waals surface area contributed by atoms with Crippen molar-refractivity contribution in [2.45, 2.75) is 47.0 Å². The van der Waals surface area contributed by atoms with Crippen LogP contribution in [0.2, 0.25) is 0 Å². The van der Waals surface area contributed by atoms with E-state index in [9.17, 15) is 4.79 Å². The first-order valence-electron chi connectivity index (χ1n) is 6.69. The van der Waals surface area contributed by atoms with E-state index in [-0.39, 0.29) is 11.3 Å². The molecule has 0 aliphatic rings. The van der Waals surface area contributed by atoms with Crippen molar-refractivity contribution >= 4 is 5.91 Å². The van der Waals surface area contributed by atoms with E-state index in [1.807, 2.05) is 13.8 Å². The normalized spacial score (nSPS) is 11.8. The molecule has 1 amide bonds. The van der Waals surface area contributed by atoms with Crippen molar-refractivity contribution in [3.8, 4) is 6.07 Å². The van der Waals surface area contributed by atoms with Gasteiger partial charge in [0.15, 0.2) is 0 Å². The molecule has 0 saturated carbocycles. The second kappa shape index (κ2) is 8.10. The van der Waals surface area contributed by atoms with Gasteiger partial charge in [-0.1, -0.05) is 20.3 Å². The van der Waals surface area contributed by atoms with Gasteiger partial charge in [-0.25, -0.2) is 0 Å². The first-order valence-corrected chi connectivity index (χ1v) is 6.69. The number of nitrogens with two attached hydrogens (primary N) is 1. The van der Waals surface area contributed by atoms with Gasteiger partial charge in [0.25, 0.3) is 0 Å². The van der Waals surface area contributed by atoms with E-state index in [1.54, 1.807) is 0 Å². The van der Waals surface area contributed by atoms with E-state index < -0.39 is 0 Å². The molecule has 104 valence electrons. The van der Waals surface area contributed by atoms with Crippen molar-refractivity contribution in [1.29, 1.82) is 5.26 Å². The minimum absolute atomic E-state index is 0.243. The average Bonchev–Trinajstić information content (AvgIpc) is 2.22. The van der Waals surface area contributed by atoms with Crippen molar-refractivity contribution in [2.24, 2.45) is 17.1 Å². The van der Waals surface area contributed by atoms with Gasteiger partial charge in [0.1, 0.15) is 0 Å². The van der Waals surface area contributed by atoms with Crippen LogP contribution in [0, 0.1) is 22.7 Å². The number of rotatable bonds is 9. The van der Waals surface area contributed by atoms with Crippen LogP contribution in [0.4, 0.5) is 0 Å². The van der Waals surface area contributed by atoms with Crippen LogP contribution in [0.15, 0.2) is 0 Å². The van der Waals surface area contributed by atoms with Gasteiger partial charge in [-0.05, 0) is 39.2 Å². The molecule has 0 bridgehead atoms. The third kappa shape index (κ3) is 9.00. The van der Waals surface area contributed by atoms with Crippen LogP contribution >= 0.6 is 0 Å². The summed E-state index contributed by atoms with van der Waals surface area (Å²) in [4.78, 5) is 13.1. The molecular formula is C14H27N3O. The molecule has 0 fully saturated rings. The number of hydrogen-bond acceptors (Lipinski definition) is 3. The van der Waals surface area contributed by atoms with Crippen molar-refractivity contribution in [3.63, 3.8) is 0 Å². The van der Waals surface area contributed by atoms with Crippen molar-refractivity contribution in [3.05, 3.63) is 0 Å². The molecule has 0 heterocycles. The van der Waals surface area contributed by atoms with Crippen LogP contribution in [0.5, 0.6) is 0 Å². The minimum Gasteiger partial charge on any atom is -0.369 e. The number of carbonyl (C=O) groups excluding carboxylic acids is 1. The maximum atomic E-state index is 11.0. The van der Waals surface area contributed by atoms with Crippen LogP contribution in [0.3, 0.4) is 0 Å². The summed E-state index contributed by atoms with van der Waals surface area (Å²) >= 11 is 0. The molecule has 0 rings (SSSR count). The number of carbonyl (C=O) groups is 1. The summed E-state index contributed by atoms with van der Waals surface area (Å²) in [5.41, 5.74) is 5.00. The number of unbranched alkanes of at least 4 members (excludes halogenated alkanes) is 1. The molecule has 4 nitrogen and oxygen atoms in total. The fraction of sp³-hybridized carbons (Fsp3) is 0.857. The third-order valence-electron chi connectivity index (χ3n) is 2.83. The van der Waals surface area contributed by atoms with Crippen LogP contribution in [-0.2, 0) is 4.79 Å². The SMILES string of the molecule is CC(C)CN(CCCCC(C)(C)C#N)CC(N)=O. The van der Waals surface area contributed by atoms with E-state index in [0.717, 1.165) is 32.4 Å². The van der Waals surface area contributed by atoms with Gasteiger partial charge in [-0.15, -0.1) is 0 Å². The molecule has 0 aliphatic carbocycles. The monoisotopic (exact) mass is 253 g/mol. The highest BCUT2D eigenvalue weighted by Gasteiger charge is 2.16. The van der Waals surface area contributed by atoms with Gasteiger partial charge in [-0.3, -0.25) is 9.69 Å². The van der Waals surface area contributed by atoms with E-state index in [4.69, 9.17) is 11.0 Å². The first kappa shape index (κ1) is 16.9. The third-order valence-corrected chi connectivity index (χ3v) is 2.83. The van der Waals surface area contributed by atoms with Gasteiger partial charge in [0, 0.05) is 6.54 Å². The standard InChI is InChI=1S/C14H27N3O/c1-12(2)9-17(10-13(16)18)8-6-5-7-14(3,4)11-15/h12H,5-10H2,1-4H3,(H2,16,18). The van der Waals surface area contributed by atoms with Crippen molar-refractivity contribution in [1.82, 2.24) is 4.90 Å². The summed E-state index contributed by atoms with van der Waals surface area (Å²) in [5.74, 6) is 0.257. The summed E-state index contributed by atoms with van der Waals surface area (Å²) in [6, 6.07) is 2.31. The number of hydrogen-bond donors (Lipinski definition) is 1. The summed E-state index contributed by atoms with van der Waals surface area (Å²) in [6.07, 6.45) is 2.91. The number of amides is 1. The van der Waals surface area contributed by atoms with Gasteiger partial charge in [0.2, 0.25) is 5.91 Å². The molecule has 4 heteroatoms. The van der Waals surface area contributed by atoms with Crippen molar-refractivity contribution < 1.29 is 4.79 Å². The lowest BCUT2D eigenvalue weighted by Gasteiger charge is -2.23. The Morgan fingerprint density at radius 1 is 1.39 bits per heavy atom. The van der Waals surface area contributed by atoms with Gasteiger partial charge >= 0.3 is 0 Å². The zero-order valence-electron chi connectivity index (χ0n) is 12.2. The molecule has 18 heavy (non-hydrogen) atoms. The Morgan fingerprint density at radius 3 is 2.44 bits per heavy atom. The lowest BCUT2D eigenvalue weighted by Crippen LogP contribution is -2.36. The minimum atomic E-state index is -0.270. The Labute approximate surface area is 111 Å². The van der Waals surface area contributed by atoms with Gasteiger partial charge < -0.3 is 5.73 Å². The maximum absolute atomic E-state index is 11.0. The van der Waals surface area contributed by atoms with Gasteiger partial charge in [-0.2, -0.15) is 5.26 Å². The molecule has 0 aromatic heterocycles. The van der Waals surface area contributed by atoms with Crippen LogP contribution < -0.4 is 5.73 Å². The highest BCUT2D eigenvalue weighted by molar-refractivity contribution is 5.75. The first-order chi connectivity index (χ1) is 8.26. The summed E-state index contributed by atoms with van der Waals surface area (Å²) < 4.78 is 0. The van der Waals surface area contributed by atoms with Gasteiger partial charge in [0.05, 0.1) is 18.0 Å². The summed E-state index contributed by atoms with van der Waals surface area (Å²) in [6.45, 7) is 10.3. The molecule has 0 spiro atoms. The Balaban J connectivity index is 3.97.